The maximum Gasteiger partial charge on any atom is 0.312 e. The third kappa shape index (κ3) is 5.63. The fraction of sp³-hybridized carbons (Fsp3) is 0.600. The Hall–Kier alpha value is -1.14. The summed E-state index contributed by atoms with van der Waals surface area (Å²) in [6, 6.07) is 3.06. The lowest BCUT2D eigenvalue weighted by molar-refractivity contribution is -0.386. The summed E-state index contributed by atoms with van der Waals surface area (Å²) >= 11 is 3.22. The molecule has 1 aromatic rings. The Balaban J connectivity index is 2.80. The van der Waals surface area contributed by atoms with Crippen molar-refractivity contribution in [3.63, 3.8) is 0 Å². The molecule has 1 atom stereocenters. The molecule has 0 aromatic heterocycles. The Labute approximate surface area is 133 Å². The number of aliphatic hydroxyl groups excluding tert-OH is 1. The molecular formula is C15H22BrNO4. The van der Waals surface area contributed by atoms with Gasteiger partial charge in [0.25, 0.3) is 0 Å². The largest absolute Gasteiger partial charge is 0.487 e. The lowest BCUT2D eigenvalue weighted by atomic mass is 10.1. The Morgan fingerprint density at radius 2 is 2.00 bits per heavy atom. The molecule has 0 bridgehead atoms. The summed E-state index contributed by atoms with van der Waals surface area (Å²) < 4.78 is 6.16. The highest BCUT2D eigenvalue weighted by atomic mass is 79.9. The first kappa shape index (κ1) is 17.9. The minimum absolute atomic E-state index is 0.117. The summed E-state index contributed by atoms with van der Waals surface area (Å²) in [6.07, 6.45) is 4.58. The van der Waals surface area contributed by atoms with Crippen molar-refractivity contribution in [3.8, 4) is 5.75 Å². The van der Waals surface area contributed by atoms with Crippen molar-refractivity contribution in [1.29, 1.82) is 0 Å². The van der Waals surface area contributed by atoms with Gasteiger partial charge in [-0.25, -0.2) is 0 Å². The minimum Gasteiger partial charge on any atom is -0.487 e. The number of nitro benzene ring substituents is 1. The zero-order chi connectivity index (χ0) is 15.8. The molecule has 0 radical (unpaired) electrons. The van der Waals surface area contributed by atoms with Crippen LogP contribution >= 0.6 is 15.9 Å². The van der Waals surface area contributed by atoms with Gasteiger partial charge in [-0.2, -0.15) is 0 Å². The fourth-order valence-electron chi connectivity index (χ4n) is 2.08. The van der Waals surface area contributed by atoms with E-state index in [1.807, 2.05) is 0 Å². The number of ether oxygens (including phenoxy) is 1. The van der Waals surface area contributed by atoms with Crippen LogP contribution in [0.25, 0.3) is 0 Å². The van der Waals surface area contributed by atoms with Crippen LogP contribution in [-0.2, 0) is 0 Å². The second kappa shape index (κ2) is 9.00. The van der Waals surface area contributed by atoms with Gasteiger partial charge < -0.3 is 9.84 Å². The SMILES string of the molecule is CCCCCCCOc1c([C@@H](C)O)cc(Br)cc1[N+](=O)[O-]. The Morgan fingerprint density at radius 1 is 1.33 bits per heavy atom. The second-order valence-electron chi connectivity index (χ2n) is 5.04. The molecule has 0 amide bonds. The molecule has 0 aliphatic heterocycles. The van der Waals surface area contributed by atoms with Crippen LogP contribution in [0.15, 0.2) is 16.6 Å². The molecule has 0 unspecified atom stereocenters. The van der Waals surface area contributed by atoms with Crippen LogP contribution in [0.4, 0.5) is 5.69 Å². The van der Waals surface area contributed by atoms with E-state index < -0.39 is 11.0 Å². The van der Waals surface area contributed by atoms with Crippen molar-refractivity contribution in [2.75, 3.05) is 6.61 Å². The molecule has 0 aliphatic rings. The van der Waals surface area contributed by atoms with Crippen LogP contribution in [0.5, 0.6) is 5.75 Å². The first-order valence-corrected chi connectivity index (χ1v) is 8.05. The standard InChI is InChI=1S/C15H22BrNO4/c1-3-4-5-6-7-8-21-15-13(11(2)18)9-12(16)10-14(15)17(19)20/h9-11,18H,3-8H2,1-2H3/t11-/m1/s1. The molecule has 21 heavy (non-hydrogen) atoms. The number of aliphatic hydroxyl groups is 1. The molecule has 0 heterocycles. The zero-order valence-corrected chi connectivity index (χ0v) is 14.1. The molecule has 0 saturated carbocycles. The van der Waals surface area contributed by atoms with Gasteiger partial charge in [0.15, 0.2) is 0 Å². The lowest BCUT2D eigenvalue weighted by Gasteiger charge is -2.14. The summed E-state index contributed by atoms with van der Waals surface area (Å²) in [4.78, 5) is 10.7. The molecule has 0 spiro atoms. The van der Waals surface area contributed by atoms with E-state index in [9.17, 15) is 15.2 Å². The van der Waals surface area contributed by atoms with Crippen LogP contribution in [0, 0.1) is 10.1 Å². The number of hydrogen-bond donors (Lipinski definition) is 1. The molecule has 6 heteroatoms. The summed E-state index contributed by atoms with van der Waals surface area (Å²) in [5.41, 5.74) is 0.318. The first-order valence-electron chi connectivity index (χ1n) is 7.26. The number of benzene rings is 1. The third-order valence-electron chi connectivity index (χ3n) is 3.20. The smallest absolute Gasteiger partial charge is 0.312 e. The second-order valence-corrected chi connectivity index (χ2v) is 5.95. The van der Waals surface area contributed by atoms with Gasteiger partial charge in [0.1, 0.15) is 0 Å². The van der Waals surface area contributed by atoms with E-state index >= 15 is 0 Å². The van der Waals surface area contributed by atoms with Crippen molar-refractivity contribution >= 4 is 21.6 Å². The molecule has 1 rings (SSSR count). The van der Waals surface area contributed by atoms with E-state index in [1.165, 1.54) is 18.9 Å². The normalized spacial score (nSPS) is 12.2. The van der Waals surface area contributed by atoms with E-state index in [2.05, 4.69) is 22.9 Å². The monoisotopic (exact) mass is 359 g/mol. The van der Waals surface area contributed by atoms with Gasteiger partial charge in [0.2, 0.25) is 5.75 Å². The summed E-state index contributed by atoms with van der Waals surface area (Å²) in [5.74, 6) is 0.175. The topological polar surface area (TPSA) is 72.6 Å². The molecular weight excluding hydrogens is 338 g/mol. The van der Waals surface area contributed by atoms with E-state index in [0.29, 0.717) is 16.6 Å². The number of nitrogens with zero attached hydrogens (tertiary/aromatic N) is 1. The van der Waals surface area contributed by atoms with Gasteiger partial charge in [0.05, 0.1) is 17.6 Å². The van der Waals surface area contributed by atoms with Crippen molar-refractivity contribution < 1.29 is 14.8 Å². The van der Waals surface area contributed by atoms with Gasteiger partial charge in [-0.3, -0.25) is 10.1 Å². The van der Waals surface area contributed by atoms with Gasteiger partial charge >= 0.3 is 5.69 Å². The number of halogens is 1. The highest BCUT2D eigenvalue weighted by molar-refractivity contribution is 9.10. The summed E-state index contributed by atoms with van der Waals surface area (Å²) in [7, 11) is 0. The Morgan fingerprint density at radius 3 is 2.57 bits per heavy atom. The molecule has 0 fully saturated rings. The first-order chi connectivity index (χ1) is 9.97. The van der Waals surface area contributed by atoms with Gasteiger partial charge in [-0.1, -0.05) is 48.5 Å². The van der Waals surface area contributed by atoms with Crippen LogP contribution in [0.1, 0.15) is 57.6 Å². The van der Waals surface area contributed by atoms with Crippen LogP contribution < -0.4 is 4.74 Å². The third-order valence-corrected chi connectivity index (χ3v) is 3.66. The number of rotatable bonds is 9. The van der Waals surface area contributed by atoms with Crippen molar-refractivity contribution in [1.82, 2.24) is 0 Å². The van der Waals surface area contributed by atoms with Gasteiger partial charge in [-0.15, -0.1) is 0 Å². The fourth-order valence-corrected chi connectivity index (χ4v) is 2.55. The van der Waals surface area contributed by atoms with E-state index in [4.69, 9.17) is 4.74 Å². The molecule has 1 aromatic carbocycles. The van der Waals surface area contributed by atoms with Crippen molar-refractivity contribution in [2.45, 2.75) is 52.1 Å². The molecule has 5 nitrogen and oxygen atoms in total. The highest BCUT2D eigenvalue weighted by Gasteiger charge is 2.23. The van der Waals surface area contributed by atoms with Crippen molar-refractivity contribution in [3.05, 3.63) is 32.3 Å². The van der Waals surface area contributed by atoms with Crippen LogP contribution in [-0.4, -0.2) is 16.6 Å². The Kier molecular flexibility index (Phi) is 7.67. The molecule has 0 saturated heterocycles. The van der Waals surface area contributed by atoms with Crippen LogP contribution in [0.3, 0.4) is 0 Å². The average Bonchev–Trinajstić information content (AvgIpc) is 2.42. The number of nitro groups is 1. The van der Waals surface area contributed by atoms with E-state index in [-0.39, 0.29) is 11.4 Å². The minimum atomic E-state index is -0.823. The quantitative estimate of drug-likeness (QED) is 0.391. The number of unbranched alkanes of at least 4 members (excludes halogenated alkanes) is 4. The maximum atomic E-state index is 11.1. The average molecular weight is 360 g/mol. The van der Waals surface area contributed by atoms with Gasteiger partial charge in [0, 0.05) is 16.1 Å². The summed E-state index contributed by atoms with van der Waals surface area (Å²) in [5, 5.41) is 20.9. The molecule has 1 N–H and O–H groups in total. The molecule has 0 aliphatic carbocycles. The number of hydrogen-bond acceptors (Lipinski definition) is 4. The highest BCUT2D eigenvalue weighted by Crippen LogP contribution is 2.37. The van der Waals surface area contributed by atoms with Gasteiger partial charge in [-0.05, 0) is 19.4 Å². The predicted octanol–water partition coefficient (Wildman–Crippen LogP) is 4.76. The Bertz CT molecular complexity index is 477. The molecule has 118 valence electrons. The van der Waals surface area contributed by atoms with E-state index in [1.54, 1.807) is 13.0 Å². The maximum absolute atomic E-state index is 11.1. The van der Waals surface area contributed by atoms with E-state index in [0.717, 1.165) is 19.3 Å². The lowest BCUT2D eigenvalue weighted by Crippen LogP contribution is -2.05. The summed E-state index contributed by atoms with van der Waals surface area (Å²) in [6.45, 7) is 4.14. The van der Waals surface area contributed by atoms with Crippen LogP contribution in [0.2, 0.25) is 0 Å². The van der Waals surface area contributed by atoms with Crippen molar-refractivity contribution in [2.24, 2.45) is 0 Å². The predicted molar refractivity (Wildman–Crippen MR) is 85.7 cm³/mol. The zero-order valence-electron chi connectivity index (χ0n) is 12.5.